The van der Waals surface area contributed by atoms with Gasteiger partial charge in [-0.25, -0.2) is 10.4 Å². The first-order chi connectivity index (χ1) is 10.6. The molecule has 3 N–H and O–H groups in total. The molecule has 0 aromatic heterocycles. The molecule has 0 bridgehead atoms. The molecule has 0 spiro atoms. The van der Waals surface area contributed by atoms with E-state index in [0.717, 1.165) is 16.3 Å². The highest BCUT2D eigenvalue weighted by atomic mass is 16.5. The van der Waals surface area contributed by atoms with Crippen molar-refractivity contribution in [1.29, 1.82) is 0 Å². The summed E-state index contributed by atoms with van der Waals surface area (Å²) in [4.78, 5) is 23.3. The molecule has 116 valence electrons. The summed E-state index contributed by atoms with van der Waals surface area (Å²) in [6.45, 7) is -0.202. The number of benzene rings is 1. The highest BCUT2D eigenvalue weighted by molar-refractivity contribution is 5.90. The van der Waals surface area contributed by atoms with Crippen LogP contribution in [0.2, 0.25) is 0 Å². The summed E-state index contributed by atoms with van der Waals surface area (Å²) in [5.41, 5.74) is 9.40. The number of nitrogens with two attached hydrogens (primary N) is 1. The van der Waals surface area contributed by atoms with Crippen molar-refractivity contribution < 1.29 is 14.3 Å². The van der Waals surface area contributed by atoms with Gasteiger partial charge in [0.1, 0.15) is 24.7 Å². The Morgan fingerprint density at radius 2 is 2.18 bits per heavy atom. The number of hydrazone groups is 1. The van der Waals surface area contributed by atoms with Crippen LogP contribution < -0.4 is 15.9 Å². The van der Waals surface area contributed by atoms with Crippen molar-refractivity contribution in [1.82, 2.24) is 15.4 Å². The van der Waals surface area contributed by atoms with E-state index in [1.54, 1.807) is 12.1 Å². The van der Waals surface area contributed by atoms with E-state index in [1.165, 1.54) is 6.34 Å². The molecule has 1 aromatic rings. The van der Waals surface area contributed by atoms with Gasteiger partial charge in [0.15, 0.2) is 0 Å². The number of carbonyl (C=O) groups is 2. The maximum absolute atomic E-state index is 12.3. The highest BCUT2D eigenvalue weighted by Crippen LogP contribution is 2.30. The lowest BCUT2D eigenvalue weighted by atomic mass is 10.0. The predicted octanol–water partition coefficient (Wildman–Crippen LogP) is -0.414. The second kappa shape index (κ2) is 5.64. The Balaban J connectivity index is 1.73. The molecule has 2 aliphatic heterocycles. The molecule has 2 amide bonds. The Hall–Kier alpha value is -2.61. The highest BCUT2D eigenvalue weighted by Gasteiger charge is 2.41. The standard InChI is InChI=1S/C14H17N5O3/c1-22-10-4-2-9(3-5-10)11-6-12-14(21)18(7-13(15)20)16-8-19(12)17-11/h2-5,8,11-12,17H,6-7H2,1H3,(H2,15,20). The molecule has 8 nitrogen and oxygen atoms in total. The number of nitrogens with one attached hydrogen (secondary N) is 1. The van der Waals surface area contributed by atoms with Gasteiger partial charge in [0.2, 0.25) is 5.91 Å². The summed E-state index contributed by atoms with van der Waals surface area (Å²) >= 11 is 0. The smallest absolute Gasteiger partial charge is 0.267 e. The van der Waals surface area contributed by atoms with E-state index in [1.807, 2.05) is 24.3 Å². The number of primary amides is 1. The van der Waals surface area contributed by atoms with Gasteiger partial charge in [-0.05, 0) is 24.1 Å². The first-order valence-corrected chi connectivity index (χ1v) is 6.90. The Morgan fingerprint density at radius 3 is 2.82 bits per heavy atom. The SMILES string of the molecule is COc1ccc(C2CC3C(=O)N(CC(N)=O)N=CN3N2)cc1. The third kappa shape index (κ3) is 2.60. The Bertz CT molecular complexity index is 615. The number of methoxy groups -OCH3 is 1. The maximum atomic E-state index is 12.3. The van der Waals surface area contributed by atoms with Crippen molar-refractivity contribution in [2.45, 2.75) is 18.5 Å². The topological polar surface area (TPSA) is 100 Å². The Morgan fingerprint density at radius 1 is 1.45 bits per heavy atom. The third-order valence-corrected chi connectivity index (χ3v) is 3.78. The van der Waals surface area contributed by atoms with Crippen molar-refractivity contribution in [3.05, 3.63) is 29.8 Å². The van der Waals surface area contributed by atoms with Crippen molar-refractivity contribution in [2.24, 2.45) is 10.8 Å². The van der Waals surface area contributed by atoms with Crippen LogP contribution in [0, 0.1) is 0 Å². The lowest BCUT2D eigenvalue weighted by molar-refractivity contribution is -0.139. The van der Waals surface area contributed by atoms with E-state index in [0.29, 0.717) is 6.42 Å². The molecular weight excluding hydrogens is 286 g/mol. The molecular formula is C14H17N5O3. The zero-order valence-electron chi connectivity index (χ0n) is 12.1. The molecule has 1 saturated heterocycles. The van der Waals surface area contributed by atoms with Gasteiger partial charge in [0, 0.05) is 0 Å². The number of hydrogen-bond acceptors (Lipinski definition) is 6. The summed E-state index contributed by atoms with van der Waals surface area (Å²) in [5.74, 6) is -0.0360. The number of carbonyl (C=O) groups excluding carboxylic acids is 2. The normalized spacial score (nSPS) is 23.6. The van der Waals surface area contributed by atoms with Crippen LogP contribution in [-0.4, -0.2) is 47.9 Å². The van der Waals surface area contributed by atoms with Gasteiger partial charge < -0.3 is 10.5 Å². The fourth-order valence-corrected chi connectivity index (χ4v) is 2.65. The maximum Gasteiger partial charge on any atom is 0.267 e. The van der Waals surface area contributed by atoms with Gasteiger partial charge in [-0.1, -0.05) is 12.1 Å². The summed E-state index contributed by atoms with van der Waals surface area (Å²) in [6.07, 6.45) is 2.10. The van der Waals surface area contributed by atoms with Gasteiger partial charge in [-0.15, -0.1) is 0 Å². The van der Waals surface area contributed by atoms with Gasteiger partial charge >= 0.3 is 0 Å². The zero-order chi connectivity index (χ0) is 15.7. The second-order valence-electron chi connectivity index (χ2n) is 5.21. The number of nitrogens with zero attached hydrogens (tertiary/aromatic N) is 3. The van der Waals surface area contributed by atoms with Gasteiger partial charge in [-0.2, -0.15) is 5.10 Å². The number of amides is 2. The molecule has 0 saturated carbocycles. The average molecular weight is 303 g/mol. The van der Waals surface area contributed by atoms with E-state index < -0.39 is 5.91 Å². The van der Waals surface area contributed by atoms with Crippen LogP contribution >= 0.6 is 0 Å². The van der Waals surface area contributed by atoms with Crippen LogP contribution in [0.5, 0.6) is 5.75 Å². The summed E-state index contributed by atoms with van der Waals surface area (Å²) in [6, 6.07) is 7.28. The number of ether oxygens (including phenoxy) is 1. The zero-order valence-corrected chi connectivity index (χ0v) is 12.1. The van der Waals surface area contributed by atoms with E-state index >= 15 is 0 Å². The summed E-state index contributed by atoms with van der Waals surface area (Å²) in [5, 5.41) is 6.74. The first kappa shape index (κ1) is 14.3. The van der Waals surface area contributed by atoms with E-state index in [-0.39, 0.29) is 24.5 Å². The number of rotatable bonds is 4. The average Bonchev–Trinajstić information content (AvgIpc) is 2.95. The van der Waals surface area contributed by atoms with Crippen LogP contribution in [0.4, 0.5) is 0 Å². The van der Waals surface area contributed by atoms with E-state index in [9.17, 15) is 9.59 Å². The van der Waals surface area contributed by atoms with Crippen molar-refractivity contribution in [3.63, 3.8) is 0 Å². The molecule has 2 unspecified atom stereocenters. The van der Waals surface area contributed by atoms with Crippen molar-refractivity contribution in [3.8, 4) is 5.75 Å². The van der Waals surface area contributed by atoms with Gasteiger partial charge in [0.25, 0.3) is 5.91 Å². The molecule has 0 radical (unpaired) electrons. The minimum atomic E-state index is -0.586. The van der Waals surface area contributed by atoms with Crippen LogP contribution in [0.3, 0.4) is 0 Å². The molecule has 1 fully saturated rings. The number of hydrogen-bond donors (Lipinski definition) is 2. The van der Waals surface area contributed by atoms with Crippen molar-refractivity contribution in [2.75, 3.05) is 13.7 Å². The fraction of sp³-hybridized carbons (Fsp3) is 0.357. The molecule has 8 heteroatoms. The lowest BCUT2D eigenvalue weighted by Gasteiger charge is -2.29. The first-order valence-electron chi connectivity index (χ1n) is 6.90. The lowest BCUT2D eigenvalue weighted by Crippen LogP contribution is -2.52. The predicted molar refractivity (Wildman–Crippen MR) is 78.5 cm³/mol. The molecule has 0 aliphatic carbocycles. The van der Waals surface area contributed by atoms with Crippen LogP contribution in [0.15, 0.2) is 29.4 Å². The molecule has 22 heavy (non-hydrogen) atoms. The summed E-state index contributed by atoms with van der Waals surface area (Å²) in [7, 11) is 1.62. The summed E-state index contributed by atoms with van der Waals surface area (Å²) < 4.78 is 5.14. The van der Waals surface area contributed by atoms with Gasteiger partial charge in [0.05, 0.1) is 13.2 Å². The van der Waals surface area contributed by atoms with E-state index in [2.05, 4.69) is 10.5 Å². The monoisotopic (exact) mass is 303 g/mol. The third-order valence-electron chi connectivity index (χ3n) is 3.78. The van der Waals surface area contributed by atoms with Gasteiger partial charge in [-0.3, -0.25) is 14.6 Å². The van der Waals surface area contributed by atoms with Crippen LogP contribution in [-0.2, 0) is 9.59 Å². The number of fused-ring (bicyclic) bond motifs is 1. The molecule has 1 aromatic carbocycles. The van der Waals surface area contributed by atoms with Crippen molar-refractivity contribution >= 4 is 18.2 Å². The molecule has 2 heterocycles. The molecule has 2 atom stereocenters. The fourth-order valence-electron chi connectivity index (χ4n) is 2.65. The minimum Gasteiger partial charge on any atom is -0.497 e. The molecule has 2 aliphatic rings. The van der Waals surface area contributed by atoms with Crippen LogP contribution in [0.25, 0.3) is 0 Å². The van der Waals surface area contributed by atoms with Crippen LogP contribution in [0.1, 0.15) is 18.0 Å². The number of hydrazine groups is 1. The Kier molecular flexibility index (Phi) is 3.68. The second-order valence-corrected chi connectivity index (χ2v) is 5.21. The largest absolute Gasteiger partial charge is 0.497 e. The Labute approximate surface area is 127 Å². The van der Waals surface area contributed by atoms with E-state index in [4.69, 9.17) is 10.5 Å². The minimum absolute atomic E-state index is 0.000154. The quantitative estimate of drug-likeness (QED) is 0.787. The molecule has 3 rings (SSSR count).